The van der Waals surface area contributed by atoms with Gasteiger partial charge >= 0.3 is 11.9 Å². The number of thioether (sulfide) groups is 1. The smallest absolute Gasteiger partial charge is 0.375 e. The van der Waals surface area contributed by atoms with E-state index in [9.17, 15) is 9.59 Å². The number of hydrogen-bond acceptors (Lipinski definition) is 6. The highest BCUT2D eigenvalue weighted by Crippen LogP contribution is 2.31. The minimum absolute atomic E-state index is 0.163. The minimum Gasteiger partial charge on any atom is -0.463 e. The van der Waals surface area contributed by atoms with Gasteiger partial charge in [0.1, 0.15) is 5.58 Å². The maximum atomic E-state index is 12.6. The average Bonchev–Trinajstić information content (AvgIpc) is 3.26. The van der Waals surface area contributed by atoms with Crippen LogP contribution in [0.15, 0.2) is 59.0 Å². The molecule has 0 spiro atoms. The van der Waals surface area contributed by atoms with Crippen LogP contribution in [-0.2, 0) is 25.8 Å². The zero-order valence-electron chi connectivity index (χ0n) is 14.6. The lowest BCUT2D eigenvalue weighted by atomic mass is 10.1. The van der Waals surface area contributed by atoms with Crippen LogP contribution in [0, 0.1) is 0 Å². The molecule has 2 aromatic carbocycles. The third-order valence-corrected chi connectivity index (χ3v) is 5.41. The quantitative estimate of drug-likeness (QED) is 0.591. The largest absolute Gasteiger partial charge is 0.463 e. The van der Waals surface area contributed by atoms with E-state index in [0.717, 1.165) is 16.7 Å². The molecule has 27 heavy (non-hydrogen) atoms. The number of carbonyl (C=O) groups excluding carboxylic acids is 2. The van der Waals surface area contributed by atoms with Gasteiger partial charge in [-0.05, 0) is 11.6 Å². The van der Waals surface area contributed by atoms with Gasteiger partial charge < -0.3 is 13.9 Å². The molecule has 1 aliphatic heterocycles. The van der Waals surface area contributed by atoms with E-state index in [0.29, 0.717) is 17.8 Å². The molecule has 5 nitrogen and oxygen atoms in total. The monoisotopic (exact) mass is 382 g/mol. The van der Waals surface area contributed by atoms with Crippen LogP contribution >= 0.6 is 11.8 Å². The molecule has 6 heteroatoms. The molecule has 0 radical (unpaired) electrons. The Bertz CT molecular complexity index is 963. The zero-order valence-corrected chi connectivity index (χ0v) is 15.4. The first-order valence-electron chi connectivity index (χ1n) is 8.72. The van der Waals surface area contributed by atoms with Gasteiger partial charge in [-0.2, -0.15) is 11.8 Å². The number of carbonyl (C=O) groups is 2. The fourth-order valence-electron chi connectivity index (χ4n) is 3.02. The molecule has 138 valence electrons. The molecule has 2 heterocycles. The van der Waals surface area contributed by atoms with Crippen LogP contribution in [0.1, 0.15) is 28.1 Å². The summed E-state index contributed by atoms with van der Waals surface area (Å²) in [6.45, 7) is 0.274. The highest BCUT2D eigenvalue weighted by atomic mass is 32.2. The summed E-state index contributed by atoms with van der Waals surface area (Å²) < 4.78 is 16.0. The molecular formula is C21H18O5S. The Morgan fingerprint density at radius 3 is 2.63 bits per heavy atom. The van der Waals surface area contributed by atoms with Gasteiger partial charge in [0.15, 0.2) is 0 Å². The van der Waals surface area contributed by atoms with E-state index >= 15 is 0 Å². The van der Waals surface area contributed by atoms with E-state index in [1.165, 1.54) is 5.56 Å². The second-order valence-corrected chi connectivity index (χ2v) is 7.22. The SMILES string of the molecule is O=C(OC1CCOC1=O)c1oc2ccccc2c1CSCc1ccccc1. The molecule has 0 aliphatic carbocycles. The Labute approximate surface area is 160 Å². The molecule has 1 fully saturated rings. The molecule has 3 aromatic rings. The van der Waals surface area contributed by atoms with E-state index in [4.69, 9.17) is 13.9 Å². The van der Waals surface area contributed by atoms with Crippen molar-refractivity contribution in [3.63, 3.8) is 0 Å². The predicted molar refractivity (Wildman–Crippen MR) is 102 cm³/mol. The Morgan fingerprint density at radius 1 is 1.07 bits per heavy atom. The normalized spacial score (nSPS) is 16.4. The van der Waals surface area contributed by atoms with Crippen LogP contribution in [0.5, 0.6) is 0 Å². The molecule has 0 N–H and O–H groups in total. The Hall–Kier alpha value is -2.73. The summed E-state index contributed by atoms with van der Waals surface area (Å²) in [4.78, 5) is 24.2. The number of para-hydroxylation sites is 1. The lowest BCUT2D eigenvalue weighted by Gasteiger charge is -2.08. The van der Waals surface area contributed by atoms with E-state index in [1.54, 1.807) is 11.8 Å². The molecule has 1 aromatic heterocycles. The van der Waals surface area contributed by atoms with Crippen molar-refractivity contribution in [2.45, 2.75) is 24.0 Å². The van der Waals surface area contributed by atoms with Crippen molar-refractivity contribution in [3.8, 4) is 0 Å². The first-order valence-corrected chi connectivity index (χ1v) is 9.87. The van der Waals surface area contributed by atoms with E-state index < -0.39 is 18.0 Å². The summed E-state index contributed by atoms with van der Waals surface area (Å²) in [5.74, 6) is 0.469. The van der Waals surface area contributed by atoms with Crippen LogP contribution in [0.4, 0.5) is 0 Å². The Kier molecular flexibility index (Phi) is 5.16. The van der Waals surface area contributed by atoms with E-state index in [2.05, 4.69) is 12.1 Å². The molecule has 4 rings (SSSR count). The van der Waals surface area contributed by atoms with Crippen LogP contribution < -0.4 is 0 Å². The second kappa shape index (κ2) is 7.88. The summed E-state index contributed by atoms with van der Waals surface area (Å²) in [5, 5.41) is 0.888. The number of hydrogen-bond donors (Lipinski definition) is 0. The topological polar surface area (TPSA) is 65.7 Å². The van der Waals surface area contributed by atoms with Crippen molar-refractivity contribution in [2.75, 3.05) is 6.61 Å². The zero-order chi connectivity index (χ0) is 18.6. The summed E-state index contributed by atoms with van der Waals surface area (Å²) in [7, 11) is 0. The number of esters is 2. The van der Waals surface area contributed by atoms with Crippen molar-refractivity contribution in [3.05, 3.63) is 71.5 Å². The molecule has 1 unspecified atom stereocenters. The second-order valence-electron chi connectivity index (χ2n) is 6.23. The number of ether oxygens (including phenoxy) is 2. The summed E-state index contributed by atoms with van der Waals surface area (Å²) in [5.41, 5.74) is 2.64. The fourth-order valence-corrected chi connectivity index (χ4v) is 4.04. The van der Waals surface area contributed by atoms with Gasteiger partial charge in [0.05, 0.1) is 6.61 Å². The predicted octanol–water partition coefficient (Wildman–Crippen LogP) is 4.34. The lowest BCUT2D eigenvalue weighted by Crippen LogP contribution is -2.22. The number of rotatable bonds is 6. The Morgan fingerprint density at radius 2 is 1.85 bits per heavy atom. The summed E-state index contributed by atoms with van der Waals surface area (Å²) in [6, 6.07) is 17.7. The van der Waals surface area contributed by atoms with Crippen molar-refractivity contribution in [1.29, 1.82) is 0 Å². The first-order chi connectivity index (χ1) is 13.2. The van der Waals surface area contributed by atoms with Gasteiger partial charge in [-0.1, -0.05) is 48.5 Å². The van der Waals surface area contributed by atoms with Gasteiger partial charge in [0.2, 0.25) is 11.9 Å². The lowest BCUT2D eigenvalue weighted by molar-refractivity contribution is -0.145. The van der Waals surface area contributed by atoms with Crippen molar-refractivity contribution in [2.24, 2.45) is 0 Å². The van der Waals surface area contributed by atoms with Crippen molar-refractivity contribution >= 4 is 34.7 Å². The molecular weight excluding hydrogens is 364 g/mol. The van der Waals surface area contributed by atoms with Crippen molar-refractivity contribution < 1.29 is 23.5 Å². The standard InChI is InChI=1S/C21H18O5S/c22-20-18(10-11-24-20)26-21(23)19-16(15-8-4-5-9-17(15)25-19)13-27-12-14-6-2-1-3-7-14/h1-9,18H,10-13H2. The highest BCUT2D eigenvalue weighted by Gasteiger charge is 2.32. The molecule has 1 atom stereocenters. The van der Waals surface area contributed by atoms with E-state index in [-0.39, 0.29) is 12.4 Å². The van der Waals surface area contributed by atoms with Crippen LogP contribution in [0.25, 0.3) is 11.0 Å². The molecule has 0 amide bonds. The summed E-state index contributed by atoms with van der Waals surface area (Å²) >= 11 is 1.69. The molecule has 1 aliphatic rings. The van der Waals surface area contributed by atoms with Gasteiger partial charge in [-0.25, -0.2) is 9.59 Å². The highest BCUT2D eigenvalue weighted by molar-refractivity contribution is 7.97. The van der Waals surface area contributed by atoms with Crippen molar-refractivity contribution in [1.82, 2.24) is 0 Å². The van der Waals surface area contributed by atoms with E-state index in [1.807, 2.05) is 42.5 Å². The number of cyclic esters (lactones) is 1. The number of benzene rings is 2. The van der Waals surface area contributed by atoms with Crippen LogP contribution in [0.2, 0.25) is 0 Å². The van der Waals surface area contributed by atoms with Gasteiger partial charge in [-0.3, -0.25) is 0 Å². The Balaban J connectivity index is 1.55. The minimum atomic E-state index is -0.851. The molecule has 0 saturated carbocycles. The number of fused-ring (bicyclic) bond motifs is 1. The average molecular weight is 382 g/mol. The summed E-state index contributed by atoms with van der Waals surface area (Å²) in [6.07, 6.45) is -0.473. The first kappa shape index (κ1) is 17.7. The maximum Gasteiger partial charge on any atom is 0.375 e. The van der Waals surface area contributed by atoms with Gasteiger partial charge in [0.25, 0.3) is 0 Å². The van der Waals surface area contributed by atoms with Gasteiger partial charge in [0, 0.05) is 28.9 Å². The van der Waals surface area contributed by atoms with Crippen LogP contribution in [-0.4, -0.2) is 24.6 Å². The van der Waals surface area contributed by atoms with Crippen LogP contribution in [0.3, 0.4) is 0 Å². The fraction of sp³-hybridized carbons (Fsp3) is 0.238. The molecule has 1 saturated heterocycles. The molecule has 0 bridgehead atoms. The third-order valence-electron chi connectivity index (χ3n) is 4.38. The number of furan rings is 1. The van der Waals surface area contributed by atoms with Gasteiger partial charge in [-0.15, -0.1) is 0 Å². The maximum absolute atomic E-state index is 12.6. The third kappa shape index (κ3) is 3.85.